The second-order valence-electron chi connectivity index (χ2n) is 4.55. The maximum atomic E-state index is 11.3. The number of carbonyl (C=O) groups is 1. The van der Waals surface area contributed by atoms with Crippen molar-refractivity contribution in [3.63, 3.8) is 0 Å². The van der Waals surface area contributed by atoms with Gasteiger partial charge >= 0.3 is 0 Å². The predicted octanol–water partition coefficient (Wildman–Crippen LogP) is 0.579. The molecule has 0 spiro atoms. The second kappa shape index (κ2) is 5.29. The lowest BCUT2D eigenvalue weighted by Gasteiger charge is -2.34. The summed E-state index contributed by atoms with van der Waals surface area (Å²) in [6.45, 7) is 6.00. The Bertz CT molecular complexity index is 405. The number of rotatable bonds is 3. The molecule has 1 atom stereocenters. The fourth-order valence-electron chi connectivity index (χ4n) is 2.24. The van der Waals surface area contributed by atoms with Crippen LogP contribution in [0.2, 0.25) is 0 Å². The van der Waals surface area contributed by atoms with Crippen LogP contribution in [0.3, 0.4) is 0 Å². The molecule has 1 saturated heterocycles. The number of hydrogen-bond acceptors (Lipinski definition) is 3. The van der Waals surface area contributed by atoms with Crippen molar-refractivity contribution in [3.8, 4) is 0 Å². The van der Waals surface area contributed by atoms with Gasteiger partial charge in [0.25, 0.3) is 0 Å². The highest BCUT2D eigenvalue weighted by atomic mass is 16.1. The molecule has 1 aliphatic rings. The monoisotopic (exact) mass is 233 g/mol. The molecule has 1 aromatic rings. The molecule has 92 valence electrons. The zero-order chi connectivity index (χ0) is 12.3. The molecule has 3 N–H and O–H groups in total. The molecule has 4 heteroatoms. The van der Waals surface area contributed by atoms with E-state index >= 15 is 0 Å². The number of nitrogens with two attached hydrogens (primary N) is 1. The highest BCUT2D eigenvalue weighted by molar-refractivity contribution is 5.94. The minimum atomic E-state index is -0.344. The summed E-state index contributed by atoms with van der Waals surface area (Å²) in [4.78, 5) is 13.7. The van der Waals surface area contributed by atoms with Gasteiger partial charge in [-0.1, -0.05) is 18.2 Å². The van der Waals surface area contributed by atoms with Crippen LogP contribution in [0.5, 0.6) is 0 Å². The molecule has 1 amide bonds. The van der Waals surface area contributed by atoms with Gasteiger partial charge in [-0.05, 0) is 18.6 Å². The third-order valence-corrected chi connectivity index (χ3v) is 3.30. The Morgan fingerprint density at radius 2 is 2.29 bits per heavy atom. The summed E-state index contributed by atoms with van der Waals surface area (Å²) >= 11 is 0. The molecular weight excluding hydrogens is 214 g/mol. The molecule has 1 aliphatic heterocycles. The Hall–Kier alpha value is -1.39. The number of hydrogen-bond donors (Lipinski definition) is 2. The minimum absolute atomic E-state index is 0.344. The summed E-state index contributed by atoms with van der Waals surface area (Å²) in [6.07, 6.45) is 0. The van der Waals surface area contributed by atoms with Gasteiger partial charge in [0.2, 0.25) is 5.91 Å². The van der Waals surface area contributed by atoms with Crippen LogP contribution in [0.4, 0.5) is 0 Å². The van der Waals surface area contributed by atoms with Gasteiger partial charge in [0, 0.05) is 37.8 Å². The maximum absolute atomic E-state index is 11.3. The van der Waals surface area contributed by atoms with E-state index in [0.29, 0.717) is 11.6 Å². The van der Waals surface area contributed by atoms with Crippen molar-refractivity contribution in [3.05, 3.63) is 35.4 Å². The van der Waals surface area contributed by atoms with E-state index in [4.69, 9.17) is 5.73 Å². The number of nitrogens with one attached hydrogen (secondary N) is 1. The van der Waals surface area contributed by atoms with Crippen LogP contribution < -0.4 is 11.1 Å². The van der Waals surface area contributed by atoms with E-state index < -0.39 is 0 Å². The summed E-state index contributed by atoms with van der Waals surface area (Å²) in [5.74, 6) is -0.344. The Morgan fingerprint density at radius 1 is 1.53 bits per heavy atom. The van der Waals surface area contributed by atoms with Crippen molar-refractivity contribution in [2.24, 2.45) is 5.73 Å². The summed E-state index contributed by atoms with van der Waals surface area (Å²) in [6, 6.07) is 8.07. The van der Waals surface area contributed by atoms with Crippen LogP contribution in [-0.4, -0.2) is 36.5 Å². The average Bonchev–Trinajstić information content (AvgIpc) is 2.32. The van der Waals surface area contributed by atoms with Crippen LogP contribution in [0.15, 0.2) is 24.3 Å². The summed E-state index contributed by atoms with van der Waals surface area (Å²) in [7, 11) is 0. The highest BCUT2D eigenvalue weighted by Crippen LogP contribution is 2.14. The fourth-order valence-corrected chi connectivity index (χ4v) is 2.24. The standard InChI is InChI=1S/C13H19N3O/c1-10-8-15-6-7-16(10)9-11-4-2-3-5-12(11)13(14)17/h2-5,10,15H,6-9H2,1H3,(H2,14,17)/t10-/m0/s1. The van der Waals surface area contributed by atoms with Gasteiger partial charge in [0.1, 0.15) is 0 Å². The van der Waals surface area contributed by atoms with E-state index in [2.05, 4.69) is 17.1 Å². The Morgan fingerprint density at radius 3 is 3.00 bits per heavy atom. The van der Waals surface area contributed by atoms with E-state index in [1.807, 2.05) is 18.2 Å². The molecule has 1 fully saturated rings. The largest absolute Gasteiger partial charge is 0.366 e. The van der Waals surface area contributed by atoms with Crippen molar-refractivity contribution in [1.29, 1.82) is 0 Å². The van der Waals surface area contributed by atoms with E-state index in [1.54, 1.807) is 6.07 Å². The van der Waals surface area contributed by atoms with E-state index in [-0.39, 0.29) is 5.91 Å². The molecule has 17 heavy (non-hydrogen) atoms. The number of piperazine rings is 1. The molecule has 0 saturated carbocycles. The third-order valence-electron chi connectivity index (χ3n) is 3.30. The smallest absolute Gasteiger partial charge is 0.249 e. The van der Waals surface area contributed by atoms with E-state index in [9.17, 15) is 4.79 Å². The van der Waals surface area contributed by atoms with E-state index in [1.165, 1.54) is 0 Å². The first-order chi connectivity index (χ1) is 8.18. The van der Waals surface area contributed by atoms with Gasteiger partial charge in [0.15, 0.2) is 0 Å². The fraction of sp³-hybridized carbons (Fsp3) is 0.462. The first kappa shape index (κ1) is 12.1. The molecule has 0 aliphatic carbocycles. The van der Waals surface area contributed by atoms with Crippen molar-refractivity contribution in [2.75, 3.05) is 19.6 Å². The molecular formula is C13H19N3O. The van der Waals surface area contributed by atoms with Crippen molar-refractivity contribution >= 4 is 5.91 Å². The quantitative estimate of drug-likeness (QED) is 0.803. The zero-order valence-corrected chi connectivity index (χ0v) is 10.1. The second-order valence-corrected chi connectivity index (χ2v) is 4.55. The molecule has 0 aromatic heterocycles. The average molecular weight is 233 g/mol. The first-order valence-electron chi connectivity index (χ1n) is 6.01. The maximum Gasteiger partial charge on any atom is 0.249 e. The number of primary amides is 1. The van der Waals surface area contributed by atoms with Crippen LogP contribution in [0, 0.1) is 0 Å². The summed E-state index contributed by atoms with van der Waals surface area (Å²) < 4.78 is 0. The zero-order valence-electron chi connectivity index (χ0n) is 10.1. The minimum Gasteiger partial charge on any atom is -0.366 e. The lowest BCUT2D eigenvalue weighted by Crippen LogP contribution is -2.49. The molecule has 0 radical (unpaired) electrons. The molecule has 2 rings (SSSR count). The van der Waals surface area contributed by atoms with Gasteiger partial charge in [0.05, 0.1) is 0 Å². The van der Waals surface area contributed by atoms with Crippen LogP contribution in [-0.2, 0) is 6.54 Å². The lowest BCUT2D eigenvalue weighted by atomic mass is 10.1. The Balaban J connectivity index is 2.14. The Labute approximate surface area is 102 Å². The molecule has 4 nitrogen and oxygen atoms in total. The molecule has 1 heterocycles. The van der Waals surface area contributed by atoms with Crippen molar-refractivity contribution < 1.29 is 4.79 Å². The lowest BCUT2D eigenvalue weighted by molar-refractivity contribution is 0.0996. The number of benzene rings is 1. The predicted molar refractivity (Wildman–Crippen MR) is 67.7 cm³/mol. The van der Waals surface area contributed by atoms with Gasteiger partial charge in [-0.15, -0.1) is 0 Å². The molecule has 1 aromatic carbocycles. The van der Waals surface area contributed by atoms with Gasteiger partial charge in [-0.3, -0.25) is 9.69 Å². The van der Waals surface area contributed by atoms with Crippen LogP contribution in [0.1, 0.15) is 22.8 Å². The third kappa shape index (κ3) is 2.84. The number of amides is 1. The highest BCUT2D eigenvalue weighted by Gasteiger charge is 2.19. The van der Waals surface area contributed by atoms with Gasteiger partial charge in [-0.25, -0.2) is 0 Å². The van der Waals surface area contributed by atoms with Crippen molar-refractivity contribution in [2.45, 2.75) is 19.5 Å². The Kier molecular flexibility index (Phi) is 3.76. The van der Waals surface area contributed by atoms with E-state index in [0.717, 1.165) is 31.7 Å². The first-order valence-corrected chi connectivity index (χ1v) is 6.01. The van der Waals surface area contributed by atoms with Crippen LogP contribution in [0.25, 0.3) is 0 Å². The number of nitrogens with zero attached hydrogens (tertiary/aromatic N) is 1. The van der Waals surface area contributed by atoms with Crippen molar-refractivity contribution in [1.82, 2.24) is 10.2 Å². The summed E-state index contributed by atoms with van der Waals surface area (Å²) in [5.41, 5.74) is 7.04. The van der Waals surface area contributed by atoms with Gasteiger partial charge < -0.3 is 11.1 Å². The van der Waals surface area contributed by atoms with Gasteiger partial charge in [-0.2, -0.15) is 0 Å². The molecule has 0 unspecified atom stereocenters. The topological polar surface area (TPSA) is 58.4 Å². The SMILES string of the molecule is C[C@H]1CNCCN1Cc1ccccc1C(N)=O. The normalized spacial score (nSPS) is 21.4. The summed E-state index contributed by atoms with van der Waals surface area (Å²) in [5, 5.41) is 3.35. The number of carbonyl (C=O) groups excluding carboxylic acids is 1. The molecule has 0 bridgehead atoms. The van der Waals surface area contributed by atoms with Crippen LogP contribution >= 0.6 is 0 Å².